The summed E-state index contributed by atoms with van der Waals surface area (Å²) < 4.78 is 98.5. The van der Waals surface area contributed by atoms with Crippen LogP contribution in [-0.2, 0) is 12.4 Å². The summed E-state index contributed by atoms with van der Waals surface area (Å²) in [6.07, 6.45) is -10.4. The van der Waals surface area contributed by atoms with Gasteiger partial charge in [-0.3, -0.25) is 0 Å². The molecule has 0 aliphatic rings. The number of alkyl halides is 6. The van der Waals surface area contributed by atoms with Crippen LogP contribution in [0.1, 0.15) is 83.5 Å². The lowest BCUT2D eigenvalue weighted by atomic mass is 9.86. The van der Waals surface area contributed by atoms with Gasteiger partial charge < -0.3 is 9.13 Å². The highest BCUT2D eigenvalue weighted by Crippen LogP contribution is 2.51. The van der Waals surface area contributed by atoms with Crippen LogP contribution in [-0.4, -0.2) is 9.13 Å². The number of aromatic nitrogens is 2. The number of benzene rings is 11. The summed E-state index contributed by atoms with van der Waals surface area (Å²) in [7, 11) is 0. The lowest BCUT2D eigenvalue weighted by Gasteiger charge is -2.23. The van der Waals surface area contributed by atoms with Crippen LogP contribution >= 0.6 is 0 Å². The van der Waals surface area contributed by atoms with Crippen molar-refractivity contribution in [1.82, 2.24) is 9.13 Å². The maximum Gasteiger partial charge on any atom is 0.417 e. The zero-order chi connectivity index (χ0) is 63.7. The molecule has 0 atom stereocenters. The number of halogens is 6. The summed E-state index contributed by atoms with van der Waals surface area (Å²) in [6, 6.07) is 56.9. The van der Waals surface area contributed by atoms with Crippen molar-refractivity contribution in [2.24, 2.45) is 0 Å². The normalized spacial score (nSPS) is 12.1. The van der Waals surface area contributed by atoms with Gasteiger partial charge in [-0.05, 0) is 274 Å². The van der Waals surface area contributed by atoms with E-state index in [1.54, 1.807) is 30.3 Å². The second-order valence-electron chi connectivity index (χ2n) is 25.0. The van der Waals surface area contributed by atoms with Crippen molar-refractivity contribution in [2.75, 3.05) is 0 Å². The molecule has 13 rings (SSSR count). The maximum absolute atomic E-state index is 15.7. The van der Waals surface area contributed by atoms with Crippen molar-refractivity contribution in [3.63, 3.8) is 0 Å². The van der Waals surface area contributed by atoms with Gasteiger partial charge in [-0.15, -0.1) is 0 Å². The van der Waals surface area contributed by atoms with Crippen molar-refractivity contribution in [1.29, 1.82) is 5.26 Å². The van der Waals surface area contributed by atoms with E-state index in [9.17, 15) is 5.26 Å². The van der Waals surface area contributed by atoms with Crippen LogP contribution in [0.5, 0.6) is 0 Å². The van der Waals surface area contributed by atoms with Gasteiger partial charge in [-0.25, -0.2) is 0 Å². The van der Waals surface area contributed by atoms with E-state index >= 15 is 26.3 Å². The van der Waals surface area contributed by atoms with Crippen LogP contribution in [0.3, 0.4) is 0 Å². The molecule has 0 amide bonds. The Morgan fingerprint density at radius 2 is 0.644 bits per heavy atom. The van der Waals surface area contributed by atoms with Crippen molar-refractivity contribution in [3.8, 4) is 84.2 Å². The minimum absolute atomic E-state index is 0.0573. The molecule has 446 valence electrons. The molecule has 3 nitrogen and oxygen atoms in total. The second-order valence-corrected chi connectivity index (χ2v) is 25.0. The van der Waals surface area contributed by atoms with Crippen LogP contribution < -0.4 is 0 Å². The summed E-state index contributed by atoms with van der Waals surface area (Å²) in [6.45, 7) is 25.2. The van der Waals surface area contributed by atoms with Crippen LogP contribution in [0.15, 0.2) is 176 Å². The van der Waals surface area contributed by atoms with Crippen molar-refractivity contribution in [2.45, 2.75) is 95.4 Å². The quantitative estimate of drug-likeness (QED) is 0.140. The summed E-state index contributed by atoms with van der Waals surface area (Å²) in [5, 5.41) is 14.4. The Bertz CT molecular complexity index is 4890. The molecule has 0 radical (unpaired) electrons. The van der Waals surface area contributed by atoms with Gasteiger partial charge in [0, 0.05) is 38.4 Å². The summed E-state index contributed by atoms with van der Waals surface area (Å²) in [5.74, 6) is 0. The Kier molecular flexibility index (Phi) is 14.2. The van der Waals surface area contributed by atoms with E-state index in [-0.39, 0.29) is 22.3 Å². The molecule has 9 heteroatoms. The molecule has 0 saturated carbocycles. The first kappa shape index (κ1) is 59.1. The highest BCUT2D eigenvalue weighted by Gasteiger charge is 2.42. The van der Waals surface area contributed by atoms with E-state index in [2.05, 4.69) is 203 Å². The Morgan fingerprint density at radius 3 is 0.967 bits per heavy atom. The number of fused-ring (bicyclic) bond motifs is 6. The zero-order valence-corrected chi connectivity index (χ0v) is 52.4. The predicted molar refractivity (Wildman–Crippen MR) is 359 cm³/mol. The Balaban J connectivity index is 1.15. The van der Waals surface area contributed by atoms with Gasteiger partial charge in [0.1, 0.15) is 0 Å². The number of nitriles is 1. The largest absolute Gasteiger partial charge is 0.417 e. The number of hydrogen-bond donors (Lipinski definition) is 0. The first-order valence-corrected chi connectivity index (χ1v) is 30.2. The fourth-order valence-corrected chi connectivity index (χ4v) is 15.2. The molecule has 0 aliphatic heterocycles. The van der Waals surface area contributed by atoms with Gasteiger partial charge in [-0.2, -0.15) is 31.6 Å². The first-order chi connectivity index (χ1) is 42.8. The number of aryl methyl sites for hydroxylation is 12. The zero-order valence-electron chi connectivity index (χ0n) is 52.4. The Labute approximate surface area is 520 Å². The fraction of sp³-hybridized carbons (Fsp3) is 0.173. The van der Waals surface area contributed by atoms with E-state index in [1.165, 1.54) is 6.07 Å². The number of hydrogen-bond acceptors (Lipinski definition) is 1. The number of nitrogens with zero attached hydrogens (tertiary/aromatic N) is 3. The molecule has 0 unspecified atom stereocenters. The molecule has 2 aromatic heterocycles. The van der Waals surface area contributed by atoms with E-state index in [0.29, 0.717) is 23.5 Å². The van der Waals surface area contributed by atoms with Gasteiger partial charge in [0.05, 0.1) is 50.5 Å². The second kappa shape index (κ2) is 21.7. The molecule has 0 spiro atoms. The minimum atomic E-state index is -5.21. The van der Waals surface area contributed by atoms with Gasteiger partial charge in [-0.1, -0.05) is 107 Å². The average molecular weight is 1190 g/mol. The molecule has 0 saturated heterocycles. The van der Waals surface area contributed by atoms with Crippen LogP contribution in [0.4, 0.5) is 26.3 Å². The molecular formula is C81H65F6N3. The fourth-order valence-electron chi connectivity index (χ4n) is 15.2. The van der Waals surface area contributed by atoms with E-state index in [1.807, 2.05) is 16.7 Å². The standard InChI is InChI=1S/C81H65F6N3/c1-43-28-47(5)75(48(6)29-43)56-17-24-70-64(37-56)65-38-57(76-49(7)30-44(2)31-50(76)8)18-25-71(65)89(70)60-21-22-61(79-68(80(82,83)84)14-13-15-69(79)81(85,86)87)62(41-60)63-36-55(42-88)16-23-72(63)90-73-26-19-58(77-51(9)32-45(3)33-52(77)10)39-66(73)67-40-59(20-27-74(67)90)78-53(11)34-46(4)35-54(78)12/h13-41H,1-12H3. The summed E-state index contributed by atoms with van der Waals surface area (Å²) >= 11 is 0. The topological polar surface area (TPSA) is 33.6 Å². The van der Waals surface area contributed by atoms with Crippen LogP contribution in [0.25, 0.3) is 122 Å². The molecule has 2 heterocycles. The maximum atomic E-state index is 15.7. The van der Waals surface area contributed by atoms with E-state index in [4.69, 9.17) is 0 Å². The van der Waals surface area contributed by atoms with Gasteiger partial charge in [0.25, 0.3) is 0 Å². The first-order valence-electron chi connectivity index (χ1n) is 30.2. The van der Waals surface area contributed by atoms with Crippen molar-refractivity contribution < 1.29 is 26.3 Å². The third kappa shape index (κ3) is 9.94. The minimum Gasteiger partial charge on any atom is -0.309 e. The average Bonchev–Trinajstić information content (AvgIpc) is 1.52. The van der Waals surface area contributed by atoms with Crippen LogP contribution in [0.2, 0.25) is 0 Å². The highest BCUT2D eigenvalue weighted by atomic mass is 19.4. The van der Waals surface area contributed by atoms with Gasteiger partial charge >= 0.3 is 12.4 Å². The molecule has 11 aromatic carbocycles. The predicted octanol–water partition coefficient (Wildman–Crippen LogP) is 23.5. The Morgan fingerprint density at radius 1 is 0.311 bits per heavy atom. The summed E-state index contributed by atoms with van der Waals surface area (Å²) in [4.78, 5) is 0. The third-order valence-electron chi connectivity index (χ3n) is 18.3. The van der Waals surface area contributed by atoms with E-state index < -0.39 is 29.0 Å². The van der Waals surface area contributed by atoms with Gasteiger partial charge in [0.15, 0.2) is 0 Å². The molecule has 90 heavy (non-hydrogen) atoms. The van der Waals surface area contributed by atoms with Crippen LogP contribution in [0, 0.1) is 94.4 Å². The molecular weight excluding hydrogens is 1130 g/mol. The Hall–Kier alpha value is -9.91. The lowest BCUT2D eigenvalue weighted by Crippen LogP contribution is -2.14. The van der Waals surface area contributed by atoms with Gasteiger partial charge in [0.2, 0.25) is 0 Å². The molecule has 0 N–H and O–H groups in total. The lowest BCUT2D eigenvalue weighted by molar-refractivity contribution is -0.142. The third-order valence-corrected chi connectivity index (χ3v) is 18.3. The van der Waals surface area contributed by atoms with E-state index in [0.717, 1.165) is 161 Å². The molecule has 13 aromatic rings. The van der Waals surface area contributed by atoms with Crippen molar-refractivity contribution >= 4 is 43.6 Å². The molecule has 0 bridgehead atoms. The SMILES string of the molecule is Cc1cc(C)c(-c2ccc3c(c2)c2cc(-c4c(C)cc(C)cc4C)ccc2n3-c2ccc(-c3c(C(F)(F)F)cccc3C(F)(F)F)c(-c3cc(C#N)ccc3-n3c4ccc(-c5c(C)cc(C)cc5C)cc4c4cc(-c5c(C)cc(C)cc5C)ccc43)c2)c(C)c1. The molecule has 0 aliphatic carbocycles. The molecule has 0 fully saturated rings. The summed E-state index contributed by atoms with van der Waals surface area (Å²) in [5.41, 5.74) is 22.1. The van der Waals surface area contributed by atoms with Crippen molar-refractivity contribution in [3.05, 3.63) is 259 Å². The smallest absolute Gasteiger partial charge is 0.309 e. The number of rotatable bonds is 8. The monoisotopic (exact) mass is 1190 g/mol. The highest BCUT2D eigenvalue weighted by molar-refractivity contribution is 6.14.